The first-order valence-electron chi connectivity index (χ1n) is 10.5. The minimum atomic E-state index is -0.558. The third-order valence-corrected chi connectivity index (χ3v) is 6.67. The summed E-state index contributed by atoms with van der Waals surface area (Å²) in [7, 11) is 1.74. The van der Waals surface area contributed by atoms with Gasteiger partial charge in [0.25, 0.3) is 0 Å². The highest BCUT2D eigenvalue weighted by atomic mass is 79.9. The third kappa shape index (κ3) is 4.36. The van der Waals surface area contributed by atoms with Crippen LogP contribution in [-0.4, -0.2) is 30.9 Å². The van der Waals surface area contributed by atoms with Crippen LogP contribution in [0.4, 0.5) is 5.69 Å². The number of fused-ring (bicyclic) bond motifs is 2. The monoisotopic (exact) mass is 479 g/mol. The van der Waals surface area contributed by atoms with Crippen LogP contribution in [0.15, 0.2) is 65.1 Å². The van der Waals surface area contributed by atoms with Gasteiger partial charge in [0.15, 0.2) is 0 Å². The van der Waals surface area contributed by atoms with E-state index in [9.17, 15) is 9.59 Å². The second-order valence-corrected chi connectivity index (χ2v) is 8.77. The number of halogens is 1. The van der Waals surface area contributed by atoms with Crippen LogP contribution in [0.1, 0.15) is 24.5 Å². The summed E-state index contributed by atoms with van der Waals surface area (Å²) in [5.74, 6) is -0.241. The summed E-state index contributed by atoms with van der Waals surface area (Å²) in [6, 6.07) is 19.4. The average Bonchev–Trinajstić information content (AvgIpc) is 2.92. The van der Waals surface area contributed by atoms with Crippen molar-refractivity contribution in [1.29, 1.82) is 0 Å². The molecule has 0 bridgehead atoms. The quantitative estimate of drug-likeness (QED) is 0.576. The van der Waals surface area contributed by atoms with Crippen molar-refractivity contribution in [2.24, 2.45) is 0 Å². The molecule has 0 aromatic heterocycles. The molecule has 0 spiro atoms. The Morgan fingerprint density at radius 3 is 2.58 bits per heavy atom. The van der Waals surface area contributed by atoms with Crippen LogP contribution in [0, 0.1) is 0 Å². The Balaban J connectivity index is 1.72. The van der Waals surface area contributed by atoms with Gasteiger partial charge in [-0.05, 0) is 60.8 Å². The molecule has 3 aromatic rings. The molecule has 1 aliphatic heterocycles. The van der Waals surface area contributed by atoms with E-state index in [1.54, 1.807) is 14.0 Å². The van der Waals surface area contributed by atoms with Crippen molar-refractivity contribution in [2.75, 3.05) is 11.9 Å². The lowest BCUT2D eigenvalue weighted by Gasteiger charge is -2.27. The van der Waals surface area contributed by atoms with Crippen molar-refractivity contribution in [1.82, 2.24) is 10.6 Å². The van der Waals surface area contributed by atoms with Crippen LogP contribution in [0.3, 0.4) is 0 Å². The van der Waals surface area contributed by atoms with Gasteiger partial charge in [0.05, 0.1) is 12.6 Å². The van der Waals surface area contributed by atoms with Gasteiger partial charge >= 0.3 is 0 Å². The van der Waals surface area contributed by atoms with E-state index in [1.807, 2.05) is 41.3 Å². The van der Waals surface area contributed by atoms with Crippen molar-refractivity contribution in [3.05, 3.63) is 76.3 Å². The lowest BCUT2D eigenvalue weighted by Crippen LogP contribution is -2.52. The number of benzene rings is 3. The molecule has 3 aromatic carbocycles. The van der Waals surface area contributed by atoms with Gasteiger partial charge in [0.1, 0.15) is 6.04 Å². The molecular weight excluding hydrogens is 454 g/mol. The molecule has 0 aliphatic carbocycles. The third-order valence-electron chi connectivity index (χ3n) is 5.98. The van der Waals surface area contributed by atoms with Crippen molar-refractivity contribution >= 4 is 44.2 Å². The van der Waals surface area contributed by atoms with Crippen LogP contribution in [0.2, 0.25) is 0 Å². The Bertz CT molecular complexity index is 1130. The molecule has 31 heavy (non-hydrogen) atoms. The lowest BCUT2D eigenvalue weighted by atomic mass is 10.0. The molecule has 0 saturated heterocycles. The molecular formula is C25H26BrN3O2. The maximum Gasteiger partial charge on any atom is 0.249 e. The molecule has 2 atom stereocenters. The van der Waals surface area contributed by atoms with Crippen LogP contribution >= 0.6 is 15.9 Å². The number of amides is 2. The number of nitrogens with zero attached hydrogens (tertiary/aromatic N) is 1. The molecule has 4 rings (SSSR count). The standard InChI is InChI=1S/C25H26BrN3O2/c1-16(27-2)24(30)28-22-14-12-17-7-3-6-10-23(17)29(25(22)31)15-18-11-13-21(26)20-9-5-4-8-19(18)20/h3-11,13,16,22,27H,12,14-15H2,1-2H3,(H,28,30). The zero-order valence-electron chi connectivity index (χ0n) is 17.7. The number of anilines is 1. The van der Waals surface area contributed by atoms with Gasteiger partial charge in [-0.25, -0.2) is 0 Å². The van der Waals surface area contributed by atoms with Gasteiger partial charge in [0, 0.05) is 10.2 Å². The van der Waals surface area contributed by atoms with Gasteiger partial charge in [-0.15, -0.1) is 0 Å². The molecule has 1 aliphatic rings. The fourth-order valence-electron chi connectivity index (χ4n) is 4.07. The minimum Gasteiger partial charge on any atom is -0.343 e. The Morgan fingerprint density at radius 1 is 1.10 bits per heavy atom. The normalized spacial score (nSPS) is 17.2. The van der Waals surface area contributed by atoms with Gasteiger partial charge in [-0.2, -0.15) is 0 Å². The summed E-state index contributed by atoms with van der Waals surface area (Å²) in [6.07, 6.45) is 1.31. The number of para-hydroxylation sites is 1. The summed E-state index contributed by atoms with van der Waals surface area (Å²) < 4.78 is 1.03. The fourth-order valence-corrected chi connectivity index (χ4v) is 4.55. The van der Waals surface area contributed by atoms with Gasteiger partial charge in [-0.3, -0.25) is 9.59 Å². The van der Waals surface area contributed by atoms with Crippen LogP contribution in [0.5, 0.6) is 0 Å². The molecule has 160 valence electrons. The van der Waals surface area contributed by atoms with Crippen molar-refractivity contribution in [3.8, 4) is 0 Å². The van der Waals surface area contributed by atoms with Crippen LogP contribution in [-0.2, 0) is 22.6 Å². The highest BCUT2D eigenvalue weighted by Crippen LogP contribution is 2.32. The Morgan fingerprint density at radius 2 is 1.81 bits per heavy atom. The summed E-state index contributed by atoms with van der Waals surface area (Å²) in [5.41, 5.74) is 3.10. The number of likely N-dealkylation sites (N-methyl/N-ethyl adjacent to an activating group) is 1. The van der Waals surface area contributed by atoms with Gasteiger partial charge in [0.2, 0.25) is 11.8 Å². The van der Waals surface area contributed by atoms with E-state index >= 15 is 0 Å². The second-order valence-electron chi connectivity index (χ2n) is 7.92. The van der Waals surface area contributed by atoms with E-state index in [4.69, 9.17) is 0 Å². The Hall–Kier alpha value is -2.70. The summed E-state index contributed by atoms with van der Waals surface area (Å²) in [4.78, 5) is 28.0. The Labute approximate surface area is 190 Å². The summed E-state index contributed by atoms with van der Waals surface area (Å²) in [5, 5.41) is 8.11. The summed E-state index contributed by atoms with van der Waals surface area (Å²) in [6.45, 7) is 2.23. The van der Waals surface area contributed by atoms with Crippen LogP contribution < -0.4 is 15.5 Å². The zero-order chi connectivity index (χ0) is 22.0. The van der Waals surface area contributed by atoms with E-state index in [0.29, 0.717) is 13.0 Å². The van der Waals surface area contributed by atoms with Gasteiger partial charge < -0.3 is 15.5 Å². The molecule has 6 heteroatoms. The number of carbonyl (C=O) groups excluding carboxylic acids is 2. The van der Waals surface area contributed by atoms with E-state index in [2.05, 4.69) is 50.8 Å². The Kier molecular flexibility index (Phi) is 6.39. The number of hydrogen-bond donors (Lipinski definition) is 2. The highest BCUT2D eigenvalue weighted by molar-refractivity contribution is 9.10. The highest BCUT2D eigenvalue weighted by Gasteiger charge is 2.32. The molecule has 2 unspecified atom stereocenters. The SMILES string of the molecule is CNC(C)C(=O)NC1CCc2ccccc2N(Cc2ccc(Br)c3ccccc23)C1=O. The van der Waals surface area contributed by atoms with Crippen LogP contribution in [0.25, 0.3) is 10.8 Å². The fraction of sp³-hybridized carbons (Fsp3) is 0.280. The molecule has 0 radical (unpaired) electrons. The van der Waals surface area contributed by atoms with Gasteiger partial charge in [-0.1, -0.05) is 64.5 Å². The largest absolute Gasteiger partial charge is 0.343 e. The number of carbonyl (C=O) groups is 2. The van der Waals surface area contributed by atoms with Crippen molar-refractivity contribution in [2.45, 2.75) is 38.4 Å². The molecule has 1 heterocycles. The number of aryl methyl sites for hydroxylation is 1. The van der Waals surface area contributed by atoms with E-state index < -0.39 is 6.04 Å². The second kappa shape index (κ2) is 9.20. The first-order valence-corrected chi connectivity index (χ1v) is 11.3. The van der Waals surface area contributed by atoms with Crippen molar-refractivity contribution < 1.29 is 9.59 Å². The average molecular weight is 480 g/mol. The number of hydrogen-bond acceptors (Lipinski definition) is 3. The first kappa shape index (κ1) is 21.5. The number of rotatable bonds is 5. The van der Waals surface area contributed by atoms with E-state index in [0.717, 1.165) is 38.5 Å². The smallest absolute Gasteiger partial charge is 0.249 e. The first-order chi connectivity index (χ1) is 15.0. The van der Waals surface area contributed by atoms with E-state index in [1.165, 1.54) is 0 Å². The minimum absolute atomic E-state index is 0.0754. The maximum atomic E-state index is 13.6. The summed E-state index contributed by atoms with van der Waals surface area (Å²) >= 11 is 3.63. The topological polar surface area (TPSA) is 61.4 Å². The maximum absolute atomic E-state index is 13.6. The molecule has 2 amide bonds. The lowest BCUT2D eigenvalue weighted by molar-refractivity contribution is -0.128. The predicted octanol–water partition coefficient (Wildman–Crippen LogP) is 4.17. The zero-order valence-corrected chi connectivity index (χ0v) is 19.3. The number of nitrogens with one attached hydrogen (secondary N) is 2. The molecule has 0 saturated carbocycles. The van der Waals surface area contributed by atoms with Crippen molar-refractivity contribution in [3.63, 3.8) is 0 Å². The molecule has 5 nitrogen and oxygen atoms in total. The predicted molar refractivity (Wildman–Crippen MR) is 128 cm³/mol. The molecule has 0 fully saturated rings. The van der Waals surface area contributed by atoms with E-state index in [-0.39, 0.29) is 17.9 Å². The molecule has 2 N–H and O–H groups in total.